The number of methoxy groups -OCH3 is 1. The molecule has 1 heterocycles. The highest BCUT2D eigenvalue weighted by atomic mass is 16.7. The van der Waals surface area contributed by atoms with Crippen molar-refractivity contribution in [3.63, 3.8) is 0 Å². The summed E-state index contributed by atoms with van der Waals surface area (Å²) in [5.41, 5.74) is 3.64. The van der Waals surface area contributed by atoms with E-state index in [4.69, 9.17) is 15.2 Å². The summed E-state index contributed by atoms with van der Waals surface area (Å²) in [6.45, 7) is 1.76. The number of rotatable bonds is 19. The molecule has 6 N–H and O–H groups in total. The van der Waals surface area contributed by atoms with Gasteiger partial charge in [0, 0.05) is 13.5 Å². The van der Waals surface area contributed by atoms with Gasteiger partial charge < -0.3 is 29.9 Å². The highest BCUT2D eigenvalue weighted by Crippen LogP contribution is 2.39. The molecular weight excluding hydrogens is 410 g/mol. The third-order valence-electron chi connectivity index (χ3n) is 6.98. The number of hydrogen-bond donors (Lipinski definition) is 5. The van der Waals surface area contributed by atoms with Gasteiger partial charge in [-0.25, -0.2) is 0 Å². The lowest BCUT2D eigenvalue weighted by atomic mass is 9.84. The number of unbranched alkanes of at least 4 members (excludes halogenated alkanes) is 15. The first-order chi connectivity index (χ1) is 15.4. The van der Waals surface area contributed by atoms with Crippen molar-refractivity contribution < 1.29 is 29.9 Å². The normalized spacial score (nSPS) is 30.7. The van der Waals surface area contributed by atoms with Crippen LogP contribution in [0.15, 0.2) is 0 Å². The monoisotopic (exact) mass is 461 g/mol. The number of nitrogens with two attached hydrogens (primary N) is 1. The van der Waals surface area contributed by atoms with Gasteiger partial charge >= 0.3 is 0 Å². The summed E-state index contributed by atoms with van der Waals surface area (Å²) < 4.78 is 11.0. The highest BCUT2D eigenvalue weighted by Gasteiger charge is 2.62. The Bertz CT molecular complexity index is 464. The third kappa shape index (κ3) is 9.16. The Morgan fingerprint density at radius 1 is 0.781 bits per heavy atom. The van der Waals surface area contributed by atoms with Gasteiger partial charge in [0.2, 0.25) is 5.79 Å². The van der Waals surface area contributed by atoms with Crippen LogP contribution in [0.1, 0.15) is 116 Å². The molecule has 1 fully saturated rings. The van der Waals surface area contributed by atoms with Gasteiger partial charge in [-0.1, -0.05) is 103 Å². The Labute approximate surface area is 195 Å². The minimum atomic E-state index is -2.26. The van der Waals surface area contributed by atoms with Crippen LogP contribution in [0.5, 0.6) is 0 Å². The van der Waals surface area contributed by atoms with E-state index in [2.05, 4.69) is 6.92 Å². The fourth-order valence-electron chi connectivity index (χ4n) is 4.72. The molecule has 1 unspecified atom stereocenters. The first-order valence-electron chi connectivity index (χ1n) is 13.1. The van der Waals surface area contributed by atoms with Crippen LogP contribution in [0, 0.1) is 0 Å². The van der Waals surface area contributed by atoms with Crippen LogP contribution in [0.2, 0.25) is 0 Å². The van der Waals surface area contributed by atoms with E-state index in [1.807, 2.05) is 0 Å². The van der Waals surface area contributed by atoms with Gasteiger partial charge in [0.25, 0.3) is 0 Å². The smallest absolute Gasteiger partial charge is 0.214 e. The van der Waals surface area contributed by atoms with Crippen LogP contribution in [0.25, 0.3) is 0 Å². The summed E-state index contributed by atoms with van der Waals surface area (Å²) in [5, 5.41) is 40.2. The van der Waals surface area contributed by atoms with E-state index >= 15 is 0 Å². The molecule has 0 bridgehead atoms. The van der Waals surface area contributed by atoms with Gasteiger partial charge in [-0.15, -0.1) is 0 Å². The molecule has 192 valence electrons. The highest BCUT2D eigenvalue weighted by molar-refractivity contribution is 5.04. The number of aliphatic hydroxyl groups excluding tert-OH is 3. The molecular formula is C25H51NO6. The molecule has 0 aromatic rings. The molecule has 1 rings (SSSR count). The second kappa shape index (κ2) is 16.4. The van der Waals surface area contributed by atoms with E-state index in [-0.39, 0.29) is 6.42 Å². The Balaban J connectivity index is 2.10. The largest absolute Gasteiger partial charge is 0.394 e. The van der Waals surface area contributed by atoms with Crippen LogP contribution < -0.4 is 5.73 Å². The SMILES string of the molecule is CCCCCCCCCCCCCCCCCCC1(OC)O[C@H](CO)[C@@H](O)[C@H](O)[C@]1(N)O. The number of hydrogen-bond acceptors (Lipinski definition) is 7. The summed E-state index contributed by atoms with van der Waals surface area (Å²) >= 11 is 0. The minimum absolute atomic E-state index is 0.273. The van der Waals surface area contributed by atoms with E-state index in [1.54, 1.807) is 0 Å². The van der Waals surface area contributed by atoms with Crippen LogP contribution in [-0.4, -0.2) is 64.0 Å². The maximum atomic E-state index is 10.6. The molecule has 1 aliphatic rings. The predicted molar refractivity (Wildman–Crippen MR) is 127 cm³/mol. The van der Waals surface area contributed by atoms with Crippen molar-refractivity contribution in [2.75, 3.05) is 13.7 Å². The van der Waals surface area contributed by atoms with Crippen molar-refractivity contribution in [2.24, 2.45) is 5.73 Å². The van der Waals surface area contributed by atoms with E-state index in [1.165, 1.54) is 90.6 Å². The number of aliphatic hydroxyl groups is 4. The molecule has 0 spiro atoms. The molecule has 0 aromatic heterocycles. The Kier molecular flexibility index (Phi) is 15.2. The molecule has 0 radical (unpaired) electrons. The third-order valence-corrected chi connectivity index (χ3v) is 6.98. The van der Waals surface area contributed by atoms with E-state index in [0.29, 0.717) is 6.42 Å². The second-order valence-electron chi connectivity index (χ2n) is 9.61. The van der Waals surface area contributed by atoms with Gasteiger partial charge in [0.1, 0.15) is 18.3 Å². The number of ether oxygens (including phenoxy) is 2. The molecule has 0 amide bonds. The summed E-state index contributed by atoms with van der Waals surface area (Å²) in [7, 11) is 1.35. The van der Waals surface area contributed by atoms with Crippen molar-refractivity contribution in [1.29, 1.82) is 0 Å². The standard InChI is InChI=1S/C25H51NO6/c1-3-4-5-6-7-8-9-10-11-12-13-14-15-16-17-18-19-24(31-2)25(26,30)23(29)22(28)21(20-27)32-24/h21-23,27-30H,3-20,26H2,1-2H3/t21-,22-,23+,24?,25+/m1/s1. The van der Waals surface area contributed by atoms with Crippen molar-refractivity contribution in [2.45, 2.75) is 146 Å². The lowest BCUT2D eigenvalue weighted by Gasteiger charge is -2.53. The summed E-state index contributed by atoms with van der Waals surface area (Å²) in [5.74, 6) is -1.66. The van der Waals surface area contributed by atoms with Crippen molar-refractivity contribution in [1.82, 2.24) is 0 Å². The average Bonchev–Trinajstić information content (AvgIpc) is 2.79. The molecule has 7 heteroatoms. The van der Waals surface area contributed by atoms with Gasteiger partial charge in [0.15, 0.2) is 5.72 Å². The fraction of sp³-hybridized carbons (Fsp3) is 1.00. The maximum Gasteiger partial charge on any atom is 0.214 e. The fourth-order valence-corrected chi connectivity index (χ4v) is 4.72. The summed E-state index contributed by atoms with van der Waals surface area (Å²) in [4.78, 5) is 0. The quantitative estimate of drug-likeness (QED) is 0.146. The molecule has 0 aliphatic carbocycles. The van der Waals surface area contributed by atoms with Crippen LogP contribution in [0.3, 0.4) is 0 Å². The predicted octanol–water partition coefficient (Wildman–Crippen LogP) is 3.74. The van der Waals surface area contributed by atoms with Crippen LogP contribution in [0.4, 0.5) is 0 Å². The van der Waals surface area contributed by atoms with Gasteiger partial charge in [-0.3, -0.25) is 5.73 Å². The van der Waals surface area contributed by atoms with E-state index in [9.17, 15) is 20.4 Å². The van der Waals surface area contributed by atoms with E-state index < -0.39 is 36.4 Å². The summed E-state index contributed by atoms with van der Waals surface area (Å²) in [6, 6.07) is 0. The van der Waals surface area contributed by atoms with Crippen molar-refractivity contribution in [3.05, 3.63) is 0 Å². The van der Waals surface area contributed by atoms with Gasteiger partial charge in [0.05, 0.1) is 6.61 Å². The molecule has 7 nitrogen and oxygen atoms in total. The van der Waals surface area contributed by atoms with Crippen molar-refractivity contribution in [3.8, 4) is 0 Å². The molecule has 32 heavy (non-hydrogen) atoms. The molecule has 1 aliphatic heterocycles. The molecule has 5 atom stereocenters. The van der Waals surface area contributed by atoms with Crippen LogP contribution in [-0.2, 0) is 9.47 Å². The topological polar surface area (TPSA) is 125 Å². The maximum absolute atomic E-state index is 10.6. The van der Waals surface area contributed by atoms with Crippen molar-refractivity contribution >= 4 is 0 Å². The molecule has 0 saturated carbocycles. The Hall–Kier alpha value is -0.280. The lowest BCUT2D eigenvalue weighted by molar-refractivity contribution is -0.397. The second-order valence-corrected chi connectivity index (χ2v) is 9.61. The first kappa shape index (κ1) is 29.8. The zero-order valence-corrected chi connectivity index (χ0v) is 20.6. The zero-order chi connectivity index (χ0) is 23.9. The molecule has 1 saturated heterocycles. The van der Waals surface area contributed by atoms with Crippen LogP contribution >= 0.6 is 0 Å². The van der Waals surface area contributed by atoms with E-state index in [0.717, 1.165) is 12.8 Å². The summed E-state index contributed by atoms with van der Waals surface area (Å²) in [6.07, 6.45) is 16.2. The minimum Gasteiger partial charge on any atom is -0.394 e. The Morgan fingerprint density at radius 2 is 1.19 bits per heavy atom. The Morgan fingerprint density at radius 3 is 1.56 bits per heavy atom. The lowest BCUT2D eigenvalue weighted by Crippen LogP contribution is -2.77. The average molecular weight is 462 g/mol. The zero-order valence-electron chi connectivity index (χ0n) is 20.6. The van der Waals surface area contributed by atoms with Gasteiger partial charge in [-0.2, -0.15) is 0 Å². The molecule has 0 aromatic carbocycles. The first-order valence-corrected chi connectivity index (χ1v) is 13.1. The van der Waals surface area contributed by atoms with Gasteiger partial charge in [-0.05, 0) is 6.42 Å².